The largest absolute Gasteiger partial charge is 0.388 e. The van der Waals surface area contributed by atoms with Gasteiger partial charge in [0.25, 0.3) is 0 Å². The Morgan fingerprint density at radius 1 is 1.54 bits per heavy atom. The van der Waals surface area contributed by atoms with Crippen molar-refractivity contribution in [2.75, 3.05) is 0 Å². The van der Waals surface area contributed by atoms with Gasteiger partial charge in [-0.25, -0.2) is 0 Å². The van der Waals surface area contributed by atoms with E-state index in [-0.39, 0.29) is 0 Å². The van der Waals surface area contributed by atoms with Gasteiger partial charge in [-0.15, -0.1) is 0 Å². The van der Waals surface area contributed by atoms with Crippen LogP contribution in [0, 0.1) is 0 Å². The van der Waals surface area contributed by atoms with Crippen molar-refractivity contribution in [1.82, 2.24) is 0 Å². The first-order valence-corrected chi connectivity index (χ1v) is 4.76. The summed E-state index contributed by atoms with van der Waals surface area (Å²) in [6.07, 6.45) is 1.14. The average Bonchev–Trinajstić information content (AvgIpc) is 2.10. The highest BCUT2D eigenvalue weighted by Crippen LogP contribution is 2.18. The molecule has 1 atom stereocenters. The van der Waals surface area contributed by atoms with E-state index >= 15 is 0 Å². The van der Waals surface area contributed by atoms with Crippen LogP contribution in [0.25, 0.3) is 0 Å². The highest BCUT2D eigenvalue weighted by atomic mass is 35.5. The molecule has 0 saturated heterocycles. The van der Waals surface area contributed by atoms with Crippen LogP contribution in [0.1, 0.15) is 31.4 Å². The van der Waals surface area contributed by atoms with E-state index in [0.717, 1.165) is 12.0 Å². The molecule has 1 aromatic rings. The van der Waals surface area contributed by atoms with E-state index in [2.05, 4.69) is 0 Å². The minimum Gasteiger partial charge on any atom is -0.388 e. The van der Waals surface area contributed by atoms with Gasteiger partial charge < -0.3 is 5.11 Å². The summed E-state index contributed by atoms with van der Waals surface area (Å²) in [6, 6.07) is 5.33. The second-order valence-electron chi connectivity index (χ2n) is 3.05. The molecule has 0 aromatic heterocycles. The number of halogens is 1. The van der Waals surface area contributed by atoms with Crippen molar-refractivity contribution >= 4 is 24.9 Å². The predicted molar refractivity (Wildman–Crippen MR) is 56.7 cm³/mol. The summed E-state index contributed by atoms with van der Waals surface area (Å²) in [5, 5.41) is 10.2. The molecule has 1 N–H and O–H groups in total. The van der Waals surface area contributed by atoms with E-state index < -0.39 is 6.10 Å². The molecule has 0 aliphatic rings. The van der Waals surface area contributed by atoms with E-state index in [1.54, 1.807) is 12.1 Å². The third-order valence-electron chi connectivity index (χ3n) is 2.01. The van der Waals surface area contributed by atoms with Crippen LogP contribution in [0.2, 0.25) is 5.02 Å². The monoisotopic (exact) mass is 194 g/mol. The normalized spacial score (nSPS) is 12.8. The molecule has 1 nitrogen and oxygen atoms in total. The minimum atomic E-state index is -0.497. The zero-order valence-corrected chi connectivity index (χ0v) is 8.38. The van der Waals surface area contributed by atoms with Gasteiger partial charge in [0.05, 0.1) is 6.10 Å². The Hall–Kier alpha value is -0.465. The van der Waals surface area contributed by atoms with Crippen LogP contribution in [0.5, 0.6) is 0 Å². The highest BCUT2D eigenvalue weighted by molar-refractivity contribution is 6.45. The number of rotatable bonds is 3. The second-order valence-corrected chi connectivity index (χ2v) is 3.45. The molecule has 68 valence electrons. The Balaban J connectivity index is 2.93. The zero-order valence-electron chi connectivity index (χ0n) is 7.63. The number of hydrogen-bond donors (Lipinski definition) is 1. The van der Waals surface area contributed by atoms with Crippen molar-refractivity contribution in [3.63, 3.8) is 0 Å². The van der Waals surface area contributed by atoms with Gasteiger partial charge in [-0.1, -0.05) is 42.5 Å². The van der Waals surface area contributed by atoms with Crippen molar-refractivity contribution in [2.24, 2.45) is 0 Å². The lowest BCUT2D eigenvalue weighted by molar-refractivity contribution is 0.167. The summed E-state index contributed by atoms with van der Waals surface area (Å²) in [7, 11) is 5.72. The third-order valence-corrected chi connectivity index (χ3v) is 2.34. The maximum Gasteiger partial charge on any atom is 0.116 e. The molecular weight excluding hydrogens is 182 g/mol. The van der Waals surface area contributed by atoms with E-state index in [9.17, 15) is 5.11 Å². The van der Waals surface area contributed by atoms with Gasteiger partial charge >= 0.3 is 0 Å². The standard InChI is InChI=1S/C10H12BClO/c1-2-4-9(13)7-5-3-6-8(12)10(7)11/h3,5-6,9,13H,2,4H2,1H3/t9-/m1/s1. The lowest BCUT2D eigenvalue weighted by Gasteiger charge is -2.13. The molecule has 0 fully saturated rings. The molecule has 1 aromatic carbocycles. The quantitative estimate of drug-likeness (QED) is 0.730. The Kier molecular flexibility index (Phi) is 3.82. The molecule has 0 heterocycles. The molecule has 0 aliphatic heterocycles. The van der Waals surface area contributed by atoms with Gasteiger partial charge in [-0.3, -0.25) is 0 Å². The van der Waals surface area contributed by atoms with Crippen LogP contribution in [0.15, 0.2) is 18.2 Å². The van der Waals surface area contributed by atoms with Crippen molar-refractivity contribution in [3.8, 4) is 0 Å². The van der Waals surface area contributed by atoms with Gasteiger partial charge in [0.2, 0.25) is 0 Å². The second kappa shape index (κ2) is 4.68. The fourth-order valence-corrected chi connectivity index (χ4v) is 1.46. The van der Waals surface area contributed by atoms with Crippen molar-refractivity contribution < 1.29 is 5.11 Å². The van der Waals surface area contributed by atoms with Crippen LogP contribution in [0.3, 0.4) is 0 Å². The highest BCUT2D eigenvalue weighted by Gasteiger charge is 2.09. The molecular formula is C10H12BClO. The first-order valence-electron chi connectivity index (χ1n) is 4.38. The van der Waals surface area contributed by atoms with Crippen LogP contribution in [-0.2, 0) is 0 Å². The molecule has 1 rings (SSSR count). The molecule has 2 radical (unpaired) electrons. The summed E-state index contributed by atoms with van der Waals surface area (Å²) in [4.78, 5) is 0. The summed E-state index contributed by atoms with van der Waals surface area (Å²) in [5.41, 5.74) is 1.22. The number of hydrogen-bond acceptors (Lipinski definition) is 1. The number of aliphatic hydroxyl groups is 1. The SMILES string of the molecule is [B]c1c(Cl)cccc1[C@H](O)CCC. The molecule has 0 bridgehead atoms. The number of aliphatic hydroxyl groups excluding tert-OH is 1. The Bertz CT molecular complexity index is 288. The molecule has 0 spiro atoms. The minimum absolute atomic E-state index is 0.491. The maximum absolute atomic E-state index is 9.69. The average molecular weight is 194 g/mol. The summed E-state index contributed by atoms with van der Waals surface area (Å²) in [6.45, 7) is 2.02. The fourth-order valence-electron chi connectivity index (χ4n) is 1.27. The Morgan fingerprint density at radius 2 is 2.23 bits per heavy atom. The van der Waals surface area contributed by atoms with E-state index in [1.807, 2.05) is 13.0 Å². The smallest absolute Gasteiger partial charge is 0.116 e. The summed E-state index contributed by atoms with van der Waals surface area (Å²) in [5.74, 6) is 0. The fraction of sp³-hybridized carbons (Fsp3) is 0.400. The van der Waals surface area contributed by atoms with Crippen molar-refractivity contribution in [1.29, 1.82) is 0 Å². The Labute approximate surface area is 85.1 Å². The molecule has 0 unspecified atom stereocenters. The van der Waals surface area contributed by atoms with E-state index in [1.165, 1.54) is 0 Å². The van der Waals surface area contributed by atoms with Gasteiger partial charge in [0.15, 0.2) is 0 Å². The van der Waals surface area contributed by atoms with Gasteiger partial charge in [-0.2, -0.15) is 0 Å². The lowest BCUT2D eigenvalue weighted by atomic mass is 9.87. The van der Waals surface area contributed by atoms with Crippen LogP contribution in [-0.4, -0.2) is 13.0 Å². The maximum atomic E-state index is 9.69. The van der Waals surface area contributed by atoms with Crippen LogP contribution >= 0.6 is 11.6 Å². The van der Waals surface area contributed by atoms with Crippen molar-refractivity contribution in [2.45, 2.75) is 25.9 Å². The first kappa shape index (κ1) is 10.6. The zero-order chi connectivity index (χ0) is 9.84. The molecule has 0 amide bonds. The van der Waals surface area contributed by atoms with E-state index in [0.29, 0.717) is 16.9 Å². The topological polar surface area (TPSA) is 20.2 Å². The van der Waals surface area contributed by atoms with Gasteiger partial charge in [0, 0.05) is 5.02 Å². The van der Waals surface area contributed by atoms with Gasteiger partial charge in [-0.05, 0) is 18.1 Å². The molecule has 0 saturated carbocycles. The Morgan fingerprint density at radius 3 is 2.85 bits per heavy atom. The molecule has 13 heavy (non-hydrogen) atoms. The predicted octanol–water partition coefficient (Wildman–Crippen LogP) is 1.97. The lowest BCUT2D eigenvalue weighted by Crippen LogP contribution is -2.15. The van der Waals surface area contributed by atoms with Crippen LogP contribution < -0.4 is 5.46 Å². The third kappa shape index (κ3) is 2.49. The summed E-state index contributed by atoms with van der Waals surface area (Å²) >= 11 is 5.82. The molecule has 0 aliphatic carbocycles. The van der Waals surface area contributed by atoms with Crippen molar-refractivity contribution in [3.05, 3.63) is 28.8 Å². The molecule has 3 heteroatoms. The van der Waals surface area contributed by atoms with Crippen LogP contribution in [0.4, 0.5) is 0 Å². The number of benzene rings is 1. The summed E-state index contributed by atoms with van der Waals surface area (Å²) < 4.78 is 0. The van der Waals surface area contributed by atoms with Gasteiger partial charge in [0.1, 0.15) is 7.85 Å². The first-order chi connectivity index (χ1) is 6.16. The van der Waals surface area contributed by atoms with E-state index in [4.69, 9.17) is 19.4 Å².